The van der Waals surface area contributed by atoms with Crippen molar-refractivity contribution in [2.75, 3.05) is 11.4 Å². The van der Waals surface area contributed by atoms with E-state index in [1.807, 2.05) is 27.7 Å². The predicted molar refractivity (Wildman–Crippen MR) is 98.6 cm³/mol. The second-order valence-electron chi connectivity index (χ2n) is 8.70. The van der Waals surface area contributed by atoms with Crippen LogP contribution in [-0.4, -0.2) is 34.0 Å². The Balaban J connectivity index is 1.68. The first kappa shape index (κ1) is 18.8. The van der Waals surface area contributed by atoms with Crippen molar-refractivity contribution in [2.45, 2.75) is 71.8 Å². The second-order valence-corrected chi connectivity index (χ2v) is 8.70. The summed E-state index contributed by atoms with van der Waals surface area (Å²) in [6, 6.07) is 1.80. The maximum absolute atomic E-state index is 13.2. The van der Waals surface area contributed by atoms with Gasteiger partial charge in [-0.05, 0) is 65.4 Å². The third-order valence-electron chi connectivity index (χ3n) is 5.37. The molecular weight excluding hydrogens is 330 g/mol. The molecule has 1 aliphatic heterocycles. The molecule has 142 valence electrons. The van der Waals surface area contributed by atoms with E-state index in [1.165, 1.54) is 0 Å². The van der Waals surface area contributed by atoms with Crippen molar-refractivity contribution in [2.24, 2.45) is 11.3 Å². The van der Waals surface area contributed by atoms with Crippen LogP contribution in [0.2, 0.25) is 0 Å². The molecular formula is C20H29N3O3. The first-order valence-electron chi connectivity index (χ1n) is 9.52. The molecule has 1 amide bonds. The van der Waals surface area contributed by atoms with Gasteiger partial charge in [0.05, 0.1) is 5.41 Å². The number of hydrogen-bond donors (Lipinski definition) is 0. The summed E-state index contributed by atoms with van der Waals surface area (Å²) >= 11 is 0. The van der Waals surface area contributed by atoms with Gasteiger partial charge in [0.15, 0.2) is 0 Å². The van der Waals surface area contributed by atoms with Crippen LogP contribution in [0, 0.1) is 18.3 Å². The normalized spacial score (nSPS) is 26.4. The van der Waals surface area contributed by atoms with Gasteiger partial charge >= 0.3 is 5.97 Å². The highest BCUT2D eigenvalue weighted by molar-refractivity contribution is 5.99. The molecule has 1 saturated carbocycles. The maximum atomic E-state index is 13.2. The lowest BCUT2D eigenvalue weighted by atomic mass is 9.68. The summed E-state index contributed by atoms with van der Waals surface area (Å²) in [4.78, 5) is 35.7. The molecule has 3 rings (SSSR count). The third kappa shape index (κ3) is 4.05. The fourth-order valence-electron chi connectivity index (χ4n) is 4.33. The van der Waals surface area contributed by atoms with Crippen molar-refractivity contribution >= 4 is 17.7 Å². The fraction of sp³-hybridized carbons (Fsp3) is 0.700. The van der Waals surface area contributed by atoms with Gasteiger partial charge in [0, 0.05) is 19.2 Å². The first-order valence-corrected chi connectivity index (χ1v) is 9.52. The summed E-state index contributed by atoms with van der Waals surface area (Å²) in [6.45, 7) is 8.17. The Morgan fingerprint density at radius 1 is 1.38 bits per heavy atom. The Kier molecular flexibility index (Phi) is 5.04. The molecule has 26 heavy (non-hydrogen) atoms. The van der Waals surface area contributed by atoms with Crippen LogP contribution in [-0.2, 0) is 14.3 Å². The number of rotatable bonds is 3. The van der Waals surface area contributed by atoms with Crippen molar-refractivity contribution in [3.63, 3.8) is 0 Å². The Labute approximate surface area is 155 Å². The molecule has 6 heteroatoms. The predicted octanol–water partition coefficient (Wildman–Crippen LogP) is 3.43. The number of amides is 1. The number of aromatic nitrogens is 2. The highest BCUT2D eigenvalue weighted by Crippen LogP contribution is 2.48. The van der Waals surface area contributed by atoms with E-state index in [1.54, 1.807) is 17.2 Å². The average molecular weight is 359 g/mol. The van der Waals surface area contributed by atoms with Gasteiger partial charge in [-0.15, -0.1) is 0 Å². The van der Waals surface area contributed by atoms with Gasteiger partial charge in [0.2, 0.25) is 5.91 Å². The summed E-state index contributed by atoms with van der Waals surface area (Å²) in [6.07, 6.45) is 6.57. The molecule has 1 aromatic rings. The van der Waals surface area contributed by atoms with E-state index in [9.17, 15) is 9.59 Å². The van der Waals surface area contributed by atoms with E-state index in [2.05, 4.69) is 9.97 Å². The zero-order chi connectivity index (χ0) is 18.9. The molecule has 0 radical (unpaired) electrons. The molecule has 1 aromatic heterocycles. The monoisotopic (exact) mass is 359 g/mol. The second kappa shape index (κ2) is 6.97. The van der Waals surface area contributed by atoms with Crippen molar-refractivity contribution in [3.05, 3.63) is 18.1 Å². The van der Waals surface area contributed by atoms with Crippen molar-refractivity contribution in [1.82, 2.24) is 9.97 Å². The molecule has 2 aliphatic rings. The summed E-state index contributed by atoms with van der Waals surface area (Å²) in [7, 11) is 0. The quantitative estimate of drug-likeness (QED) is 0.773. The molecule has 2 fully saturated rings. The van der Waals surface area contributed by atoms with Gasteiger partial charge in [-0.25, -0.2) is 9.97 Å². The van der Waals surface area contributed by atoms with Gasteiger partial charge in [-0.1, -0.05) is 6.42 Å². The number of nitrogens with zero attached hydrogens (tertiary/aromatic N) is 3. The molecule has 1 aliphatic carbocycles. The van der Waals surface area contributed by atoms with Gasteiger partial charge in [0.1, 0.15) is 17.2 Å². The molecule has 1 saturated heterocycles. The lowest BCUT2D eigenvalue weighted by Crippen LogP contribution is -2.39. The Morgan fingerprint density at radius 3 is 2.85 bits per heavy atom. The Morgan fingerprint density at radius 2 is 2.15 bits per heavy atom. The fourth-order valence-corrected chi connectivity index (χ4v) is 4.33. The Hall–Kier alpha value is -1.98. The number of anilines is 1. The van der Waals surface area contributed by atoms with Crippen LogP contribution in [0.3, 0.4) is 0 Å². The number of esters is 1. The number of carbonyl (C=O) groups is 2. The van der Waals surface area contributed by atoms with Crippen molar-refractivity contribution in [1.29, 1.82) is 0 Å². The number of aryl methyl sites for hydroxylation is 1. The summed E-state index contributed by atoms with van der Waals surface area (Å²) in [5, 5.41) is 0. The summed E-state index contributed by atoms with van der Waals surface area (Å²) < 4.78 is 5.47. The number of carbonyl (C=O) groups excluding carboxylic acids is 2. The van der Waals surface area contributed by atoms with Gasteiger partial charge < -0.3 is 4.74 Å². The minimum atomic E-state index is -0.464. The van der Waals surface area contributed by atoms with E-state index in [0.29, 0.717) is 24.6 Å². The molecule has 1 spiro atoms. The standard InChI is InChI=1S/C20H29N3O3/c1-14-21-10-7-16(22-14)23-11-9-20(18(23)25)8-5-6-15(13-20)12-17(24)26-19(2,3)4/h7,10,15H,5-6,8-9,11-13H2,1-4H3/t15-,20+/m1/s1. The van der Waals surface area contributed by atoms with Crippen LogP contribution in [0.15, 0.2) is 12.3 Å². The number of ether oxygens (including phenoxy) is 1. The molecule has 2 heterocycles. The highest BCUT2D eigenvalue weighted by atomic mass is 16.6. The third-order valence-corrected chi connectivity index (χ3v) is 5.37. The smallest absolute Gasteiger partial charge is 0.306 e. The van der Waals surface area contributed by atoms with Crippen molar-refractivity contribution in [3.8, 4) is 0 Å². The van der Waals surface area contributed by atoms with E-state index in [0.717, 1.165) is 32.1 Å². The largest absolute Gasteiger partial charge is 0.460 e. The number of hydrogen-bond acceptors (Lipinski definition) is 5. The van der Waals surface area contributed by atoms with E-state index < -0.39 is 5.60 Å². The Bertz CT molecular complexity index is 698. The van der Waals surface area contributed by atoms with Crippen LogP contribution < -0.4 is 4.90 Å². The lowest BCUT2D eigenvalue weighted by molar-refractivity contribution is -0.157. The molecule has 6 nitrogen and oxygen atoms in total. The SMILES string of the molecule is Cc1nccc(N2CC[C@]3(CCC[C@H](CC(=O)OC(C)(C)C)C3)C2=O)n1. The highest BCUT2D eigenvalue weighted by Gasteiger charge is 2.50. The molecule has 0 N–H and O–H groups in total. The summed E-state index contributed by atoms with van der Waals surface area (Å²) in [5.41, 5.74) is -0.807. The first-order chi connectivity index (χ1) is 12.2. The van der Waals surface area contributed by atoms with Crippen LogP contribution in [0.25, 0.3) is 0 Å². The van der Waals surface area contributed by atoms with Crippen LogP contribution >= 0.6 is 0 Å². The minimum absolute atomic E-state index is 0.157. The van der Waals surface area contributed by atoms with Gasteiger partial charge in [0.25, 0.3) is 0 Å². The average Bonchev–Trinajstić information content (AvgIpc) is 2.82. The zero-order valence-electron chi connectivity index (χ0n) is 16.2. The summed E-state index contributed by atoms with van der Waals surface area (Å²) in [5.74, 6) is 1.57. The van der Waals surface area contributed by atoms with Crippen LogP contribution in [0.4, 0.5) is 5.82 Å². The topological polar surface area (TPSA) is 72.4 Å². The molecule has 0 unspecified atom stereocenters. The van der Waals surface area contributed by atoms with Crippen LogP contribution in [0.5, 0.6) is 0 Å². The van der Waals surface area contributed by atoms with Gasteiger partial charge in [-0.2, -0.15) is 0 Å². The molecule has 0 bridgehead atoms. The molecule has 0 aromatic carbocycles. The van der Waals surface area contributed by atoms with E-state index in [-0.39, 0.29) is 23.2 Å². The lowest BCUT2D eigenvalue weighted by Gasteiger charge is -2.36. The van der Waals surface area contributed by atoms with E-state index >= 15 is 0 Å². The maximum Gasteiger partial charge on any atom is 0.306 e. The van der Waals surface area contributed by atoms with Crippen molar-refractivity contribution < 1.29 is 14.3 Å². The van der Waals surface area contributed by atoms with Crippen LogP contribution in [0.1, 0.15) is 65.1 Å². The minimum Gasteiger partial charge on any atom is -0.460 e. The van der Waals surface area contributed by atoms with E-state index in [4.69, 9.17) is 4.74 Å². The molecule has 2 atom stereocenters. The zero-order valence-corrected chi connectivity index (χ0v) is 16.2. The van der Waals surface area contributed by atoms with Gasteiger partial charge in [-0.3, -0.25) is 14.5 Å².